The maximum Gasteiger partial charge on any atom is 0.262 e. The zero-order chi connectivity index (χ0) is 17.7. The van der Waals surface area contributed by atoms with Gasteiger partial charge in [0.2, 0.25) is 5.91 Å². The summed E-state index contributed by atoms with van der Waals surface area (Å²) in [7, 11) is 0. The van der Waals surface area contributed by atoms with Crippen LogP contribution in [0.25, 0.3) is 0 Å². The van der Waals surface area contributed by atoms with Gasteiger partial charge in [0.1, 0.15) is 5.54 Å². The van der Waals surface area contributed by atoms with Gasteiger partial charge in [-0.05, 0) is 51.7 Å². The summed E-state index contributed by atoms with van der Waals surface area (Å²) >= 11 is 1.55. The van der Waals surface area contributed by atoms with Crippen LogP contribution in [0.1, 0.15) is 73.0 Å². The Bertz CT molecular complexity index is 584. The highest BCUT2D eigenvalue weighted by molar-refractivity contribution is 7.14. The average Bonchev–Trinajstić information content (AvgIpc) is 2.97. The van der Waals surface area contributed by atoms with Gasteiger partial charge in [-0.25, -0.2) is 0 Å². The van der Waals surface area contributed by atoms with Crippen molar-refractivity contribution < 1.29 is 9.59 Å². The molecule has 0 radical (unpaired) electrons. The number of carbonyl (C=O) groups is 2. The molecule has 134 valence electrons. The van der Waals surface area contributed by atoms with Gasteiger partial charge in [-0.2, -0.15) is 0 Å². The molecule has 0 aliphatic heterocycles. The minimum atomic E-state index is -0.717. The first-order chi connectivity index (χ1) is 11.5. The van der Waals surface area contributed by atoms with Crippen LogP contribution in [0, 0.1) is 6.92 Å². The van der Waals surface area contributed by atoms with Crippen LogP contribution in [-0.4, -0.2) is 35.3 Å². The van der Waals surface area contributed by atoms with E-state index in [0.29, 0.717) is 13.1 Å². The van der Waals surface area contributed by atoms with E-state index >= 15 is 0 Å². The van der Waals surface area contributed by atoms with Crippen LogP contribution >= 0.6 is 11.3 Å². The summed E-state index contributed by atoms with van der Waals surface area (Å²) in [6, 6.07) is 1.96. The molecule has 1 aromatic rings. The van der Waals surface area contributed by atoms with Crippen molar-refractivity contribution in [1.29, 1.82) is 0 Å². The molecule has 1 aliphatic carbocycles. The number of rotatable bonds is 6. The quantitative estimate of drug-likeness (QED) is 0.845. The van der Waals surface area contributed by atoms with Crippen LogP contribution in [0.5, 0.6) is 0 Å². The minimum absolute atomic E-state index is 0.0875. The summed E-state index contributed by atoms with van der Waals surface area (Å²) in [5.74, 6) is -0.00486. The predicted molar refractivity (Wildman–Crippen MR) is 99.6 cm³/mol. The normalized spacial score (nSPS) is 16.7. The Morgan fingerprint density at radius 1 is 1.17 bits per heavy atom. The molecule has 5 heteroatoms. The topological polar surface area (TPSA) is 49.4 Å². The Morgan fingerprint density at radius 3 is 2.29 bits per heavy atom. The SMILES string of the molecule is CCc1sc(C(=O)NC2(C(=O)N(CC)CC)CCCCC2)cc1C. The van der Waals surface area contributed by atoms with Gasteiger partial charge in [0.25, 0.3) is 5.91 Å². The Hall–Kier alpha value is -1.36. The molecule has 0 spiro atoms. The van der Waals surface area contributed by atoms with Gasteiger partial charge in [-0.3, -0.25) is 9.59 Å². The molecular weight excluding hydrogens is 320 g/mol. The van der Waals surface area contributed by atoms with Gasteiger partial charge in [-0.1, -0.05) is 26.2 Å². The second-order valence-electron chi connectivity index (χ2n) is 6.64. The number of hydrogen-bond donors (Lipinski definition) is 1. The van der Waals surface area contributed by atoms with Crippen molar-refractivity contribution >= 4 is 23.2 Å². The lowest BCUT2D eigenvalue weighted by Crippen LogP contribution is -2.60. The monoisotopic (exact) mass is 350 g/mol. The molecule has 4 nitrogen and oxygen atoms in total. The van der Waals surface area contributed by atoms with E-state index < -0.39 is 5.54 Å². The third-order valence-corrected chi connectivity index (χ3v) is 6.47. The van der Waals surface area contributed by atoms with Crippen LogP contribution in [0.2, 0.25) is 0 Å². The Morgan fingerprint density at radius 2 is 1.79 bits per heavy atom. The maximum absolute atomic E-state index is 13.1. The van der Waals surface area contributed by atoms with Crippen LogP contribution < -0.4 is 5.32 Å². The Balaban J connectivity index is 2.24. The van der Waals surface area contributed by atoms with E-state index in [1.165, 1.54) is 10.4 Å². The largest absolute Gasteiger partial charge is 0.341 e. The van der Waals surface area contributed by atoms with E-state index in [2.05, 4.69) is 12.2 Å². The lowest BCUT2D eigenvalue weighted by atomic mass is 9.80. The number of carbonyl (C=O) groups excluding carboxylic acids is 2. The number of amides is 2. The molecule has 0 bridgehead atoms. The van der Waals surface area contributed by atoms with E-state index in [4.69, 9.17) is 0 Å². The Kier molecular flexibility index (Phi) is 6.44. The van der Waals surface area contributed by atoms with Crippen molar-refractivity contribution in [3.05, 3.63) is 21.4 Å². The number of thiophene rings is 1. The number of likely N-dealkylation sites (N-methyl/N-ethyl adjacent to an activating group) is 1. The van der Waals surface area contributed by atoms with Crippen molar-refractivity contribution in [1.82, 2.24) is 10.2 Å². The van der Waals surface area contributed by atoms with Crippen molar-refractivity contribution in [2.24, 2.45) is 0 Å². The highest BCUT2D eigenvalue weighted by atomic mass is 32.1. The van der Waals surface area contributed by atoms with E-state index in [-0.39, 0.29) is 11.8 Å². The first-order valence-corrected chi connectivity index (χ1v) is 10.00. The van der Waals surface area contributed by atoms with Crippen LogP contribution in [0.3, 0.4) is 0 Å². The first-order valence-electron chi connectivity index (χ1n) is 9.18. The highest BCUT2D eigenvalue weighted by Crippen LogP contribution is 2.31. The fourth-order valence-corrected chi connectivity index (χ4v) is 4.63. The number of hydrogen-bond acceptors (Lipinski definition) is 3. The molecule has 1 aromatic heterocycles. The smallest absolute Gasteiger partial charge is 0.262 e. The van der Waals surface area contributed by atoms with Gasteiger partial charge < -0.3 is 10.2 Å². The summed E-state index contributed by atoms with van der Waals surface area (Å²) in [5.41, 5.74) is 0.450. The molecule has 24 heavy (non-hydrogen) atoms. The van der Waals surface area contributed by atoms with Crippen molar-refractivity contribution in [2.75, 3.05) is 13.1 Å². The molecular formula is C19H30N2O2S. The molecule has 0 saturated heterocycles. The molecule has 0 atom stereocenters. The summed E-state index contributed by atoms with van der Waals surface area (Å²) < 4.78 is 0. The van der Waals surface area contributed by atoms with E-state index in [1.807, 2.05) is 31.7 Å². The molecule has 1 heterocycles. The zero-order valence-corrected chi connectivity index (χ0v) is 16.2. The number of nitrogens with one attached hydrogen (secondary N) is 1. The van der Waals surface area contributed by atoms with E-state index in [1.54, 1.807) is 11.3 Å². The standard InChI is InChI=1S/C19H30N2O2S/c1-5-15-14(4)13-16(24-15)17(22)20-19(11-9-8-10-12-19)18(23)21(6-2)7-3/h13H,5-12H2,1-4H3,(H,20,22). The minimum Gasteiger partial charge on any atom is -0.341 e. The van der Waals surface area contributed by atoms with Crippen molar-refractivity contribution in [3.63, 3.8) is 0 Å². The molecule has 1 N–H and O–H groups in total. The lowest BCUT2D eigenvalue weighted by molar-refractivity contribution is -0.139. The van der Waals surface area contributed by atoms with Gasteiger partial charge in [-0.15, -0.1) is 11.3 Å². The maximum atomic E-state index is 13.1. The summed E-state index contributed by atoms with van der Waals surface area (Å²) in [4.78, 5) is 29.7. The van der Waals surface area contributed by atoms with Gasteiger partial charge in [0, 0.05) is 18.0 Å². The van der Waals surface area contributed by atoms with Crippen LogP contribution in [0.4, 0.5) is 0 Å². The average molecular weight is 351 g/mol. The molecule has 2 amide bonds. The Labute approximate surface area is 149 Å². The summed E-state index contributed by atoms with van der Waals surface area (Å²) in [6.07, 6.45) is 5.57. The van der Waals surface area contributed by atoms with Crippen molar-refractivity contribution in [3.8, 4) is 0 Å². The molecule has 1 aliphatic rings. The summed E-state index contributed by atoms with van der Waals surface area (Å²) in [6.45, 7) is 9.51. The number of nitrogens with zero attached hydrogens (tertiary/aromatic N) is 1. The van der Waals surface area contributed by atoms with Gasteiger partial charge in [0.15, 0.2) is 0 Å². The van der Waals surface area contributed by atoms with E-state index in [9.17, 15) is 9.59 Å². The molecule has 0 aromatic carbocycles. The van der Waals surface area contributed by atoms with Crippen LogP contribution in [-0.2, 0) is 11.2 Å². The third kappa shape index (κ3) is 3.82. The second kappa shape index (κ2) is 8.15. The fourth-order valence-electron chi connectivity index (χ4n) is 3.62. The molecule has 1 fully saturated rings. The summed E-state index contributed by atoms with van der Waals surface area (Å²) in [5, 5.41) is 3.14. The van der Waals surface area contributed by atoms with Crippen molar-refractivity contribution in [2.45, 2.75) is 71.8 Å². The van der Waals surface area contributed by atoms with Gasteiger partial charge in [0.05, 0.1) is 4.88 Å². The number of aryl methyl sites for hydroxylation is 2. The predicted octanol–water partition coefficient (Wildman–Crippen LogP) is 3.92. The lowest BCUT2D eigenvalue weighted by Gasteiger charge is -2.39. The first kappa shape index (κ1) is 19.0. The molecule has 1 saturated carbocycles. The zero-order valence-electron chi connectivity index (χ0n) is 15.4. The molecule has 0 unspecified atom stereocenters. The van der Waals surface area contributed by atoms with Gasteiger partial charge >= 0.3 is 0 Å². The highest BCUT2D eigenvalue weighted by Gasteiger charge is 2.43. The second-order valence-corrected chi connectivity index (χ2v) is 7.78. The third-order valence-electron chi connectivity index (χ3n) is 5.09. The molecule has 2 rings (SSSR count). The van der Waals surface area contributed by atoms with E-state index in [0.717, 1.165) is 43.4 Å². The van der Waals surface area contributed by atoms with Crippen LogP contribution in [0.15, 0.2) is 6.07 Å². The fraction of sp³-hybridized carbons (Fsp3) is 0.684.